The van der Waals surface area contributed by atoms with E-state index in [1.807, 2.05) is 0 Å². The quantitative estimate of drug-likeness (QED) is 0.264. The molecule has 0 fully saturated rings. The van der Waals surface area contributed by atoms with Crippen molar-refractivity contribution in [3.05, 3.63) is 43.3 Å². The first-order valence-electron chi connectivity index (χ1n) is 3.87. The van der Waals surface area contributed by atoms with Gasteiger partial charge in [0.1, 0.15) is 5.69 Å². The summed E-state index contributed by atoms with van der Waals surface area (Å²) < 4.78 is 37.0. The summed E-state index contributed by atoms with van der Waals surface area (Å²) in [6.07, 6.45) is -4.77. The number of nitro groups is 1. The van der Waals surface area contributed by atoms with Crippen molar-refractivity contribution in [2.75, 3.05) is 0 Å². The monoisotopic (exact) mass is 266 g/mol. The van der Waals surface area contributed by atoms with Crippen LogP contribution in [0.4, 0.5) is 24.5 Å². The van der Waals surface area contributed by atoms with E-state index < -0.39 is 33.1 Å². The molecule has 90 valence electrons. The predicted molar refractivity (Wildman–Crippen MR) is 51.9 cm³/mol. The lowest BCUT2D eigenvalue weighted by molar-refractivity contribution is -0.384. The molecular weight excluding hydrogens is 265 g/mol. The van der Waals surface area contributed by atoms with Crippen molar-refractivity contribution >= 4 is 23.0 Å². The van der Waals surface area contributed by atoms with Crippen LogP contribution in [0.1, 0.15) is 5.56 Å². The summed E-state index contributed by atoms with van der Waals surface area (Å²) in [5.41, 5.74) is 5.20. The van der Waals surface area contributed by atoms with Gasteiger partial charge in [0.25, 0.3) is 5.69 Å². The molecule has 0 unspecified atom stereocenters. The van der Waals surface area contributed by atoms with E-state index in [0.717, 1.165) is 0 Å². The Morgan fingerprint density at radius 2 is 2.06 bits per heavy atom. The molecule has 0 atom stereocenters. The summed E-state index contributed by atoms with van der Waals surface area (Å²) in [4.78, 5) is 11.7. The van der Waals surface area contributed by atoms with Crippen LogP contribution in [0.25, 0.3) is 10.4 Å². The maximum atomic E-state index is 12.3. The lowest BCUT2D eigenvalue weighted by Crippen LogP contribution is -2.05. The third-order valence-corrected chi connectivity index (χ3v) is 2.00. The summed E-state index contributed by atoms with van der Waals surface area (Å²) in [5.74, 6) is 0. The maximum Gasteiger partial charge on any atom is 0.416 e. The van der Waals surface area contributed by atoms with Crippen molar-refractivity contribution in [2.45, 2.75) is 6.18 Å². The molecule has 0 saturated heterocycles. The molecule has 10 heteroatoms. The SMILES string of the molecule is [N-]=[N+]=Nc1c(Cl)cc(C(F)(F)F)cc1[N+](=O)[O-]. The van der Waals surface area contributed by atoms with Gasteiger partial charge in [-0.2, -0.15) is 13.2 Å². The van der Waals surface area contributed by atoms with Crippen molar-refractivity contribution in [3.8, 4) is 0 Å². The predicted octanol–water partition coefficient (Wildman–Crippen LogP) is 4.21. The molecular formula is C7H2ClF3N4O2. The van der Waals surface area contributed by atoms with E-state index in [1.165, 1.54) is 0 Å². The standard InChI is InChI=1S/C7H2ClF3N4O2/c8-4-1-3(7(9,10)11)2-5(15(16)17)6(4)13-14-12/h1-2H. The number of nitro benzene ring substituents is 1. The largest absolute Gasteiger partial charge is 0.416 e. The first-order chi connectivity index (χ1) is 7.77. The Kier molecular flexibility index (Phi) is 3.45. The van der Waals surface area contributed by atoms with Gasteiger partial charge < -0.3 is 0 Å². The summed E-state index contributed by atoms with van der Waals surface area (Å²) in [5, 5.41) is 12.8. The molecule has 0 amide bonds. The van der Waals surface area contributed by atoms with Gasteiger partial charge in [0.2, 0.25) is 0 Å². The lowest BCUT2D eigenvalue weighted by atomic mass is 10.1. The molecule has 0 aromatic heterocycles. The average Bonchev–Trinajstić information content (AvgIpc) is 2.18. The second-order valence-corrected chi connectivity index (χ2v) is 3.18. The third-order valence-electron chi connectivity index (χ3n) is 1.71. The van der Waals surface area contributed by atoms with Gasteiger partial charge in [-0.1, -0.05) is 16.7 Å². The molecule has 0 spiro atoms. The van der Waals surface area contributed by atoms with Crippen molar-refractivity contribution in [1.29, 1.82) is 0 Å². The summed E-state index contributed by atoms with van der Waals surface area (Å²) in [6, 6.07) is 0.717. The molecule has 0 aliphatic rings. The third kappa shape index (κ3) is 2.77. The Labute approximate surface area is 96.4 Å². The highest BCUT2D eigenvalue weighted by molar-refractivity contribution is 6.33. The second-order valence-electron chi connectivity index (χ2n) is 2.77. The molecule has 0 saturated carbocycles. The van der Waals surface area contributed by atoms with Crippen molar-refractivity contribution in [3.63, 3.8) is 0 Å². The molecule has 0 N–H and O–H groups in total. The highest BCUT2D eigenvalue weighted by atomic mass is 35.5. The number of halogens is 4. The Bertz CT molecular complexity index is 525. The van der Waals surface area contributed by atoms with E-state index in [4.69, 9.17) is 17.1 Å². The van der Waals surface area contributed by atoms with Crippen LogP contribution in [0.5, 0.6) is 0 Å². The van der Waals surface area contributed by atoms with Gasteiger partial charge in [-0.25, -0.2) is 0 Å². The summed E-state index contributed by atoms with van der Waals surface area (Å²) in [6.45, 7) is 0. The van der Waals surface area contributed by atoms with Gasteiger partial charge in [-0.05, 0) is 11.6 Å². The van der Waals surface area contributed by atoms with Crippen LogP contribution in [0.2, 0.25) is 5.02 Å². The van der Waals surface area contributed by atoms with Gasteiger partial charge in [-0.15, -0.1) is 0 Å². The average molecular weight is 267 g/mol. The molecule has 17 heavy (non-hydrogen) atoms. The molecule has 0 bridgehead atoms. The van der Waals surface area contributed by atoms with Crippen LogP contribution in [0.3, 0.4) is 0 Å². The zero-order valence-corrected chi connectivity index (χ0v) is 8.53. The number of benzene rings is 1. The van der Waals surface area contributed by atoms with Crippen LogP contribution in [-0.4, -0.2) is 4.92 Å². The number of alkyl halides is 3. The van der Waals surface area contributed by atoms with Gasteiger partial charge in [-0.3, -0.25) is 10.1 Å². The number of hydrogen-bond acceptors (Lipinski definition) is 3. The van der Waals surface area contributed by atoms with Gasteiger partial charge in [0.05, 0.1) is 15.5 Å². The minimum absolute atomic E-state index is 0.260. The summed E-state index contributed by atoms with van der Waals surface area (Å²) in [7, 11) is 0. The van der Waals surface area contributed by atoms with E-state index in [9.17, 15) is 23.3 Å². The molecule has 0 aliphatic carbocycles. The van der Waals surface area contributed by atoms with Crippen LogP contribution < -0.4 is 0 Å². The van der Waals surface area contributed by atoms with Crippen molar-refractivity contribution in [1.82, 2.24) is 0 Å². The van der Waals surface area contributed by atoms with Crippen LogP contribution in [0, 0.1) is 10.1 Å². The number of azide groups is 1. The fraction of sp³-hybridized carbons (Fsp3) is 0.143. The first kappa shape index (κ1) is 13.1. The molecule has 1 aromatic rings. The maximum absolute atomic E-state index is 12.3. The van der Waals surface area contributed by atoms with Gasteiger partial charge in [0, 0.05) is 11.0 Å². The number of rotatable bonds is 2. The van der Waals surface area contributed by atoms with Gasteiger partial charge in [0.15, 0.2) is 0 Å². The van der Waals surface area contributed by atoms with Crippen LogP contribution >= 0.6 is 11.6 Å². The zero-order chi connectivity index (χ0) is 13.2. The molecule has 0 aliphatic heterocycles. The molecule has 1 rings (SSSR count). The highest BCUT2D eigenvalue weighted by Crippen LogP contribution is 2.41. The zero-order valence-electron chi connectivity index (χ0n) is 7.77. The first-order valence-corrected chi connectivity index (χ1v) is 4.25. The fourth-order valence-corrected chi connectivity index (χ4v) is 1.28. The van der Waals surface area contributed by atoms with E-state index >= 15 is 0 Å². The van der Waals surface area contributed by atoms with E-state index in [0.29, 0.717) is 6.07 Å². The van der Waals surface area contributed by atoms with Crippen LogP contribution in [0.15, 0.2) is 17.2 Å². The molecule has 1 aromatic carbocycles. The van der Waals surface area contributed by atoms with E-state index in [1.54, 1.807) is 0 Å². The minimum atomic E-state index is -4.77. The highest BCUT2D eigenvalue weighted by Gasteiger charge is 2.34. The number of hydrogen-bond donors (Lipinski definition) is 0. The molecule has 6 nitrogen and oxygen atoms in total. The van der Waals surface area contributed by atoms with Crippen molar-refractivity contribution in [2.24, 2.45) is 5.11 Å². The Balaban J connectivity index is 3.57. The summed E-state index contributed by atoms with van der Waals surface area (Å²) >= 11 is 5.39. The molecule has 0 heterocycles. The smallest absolute Gasteiger partial charge is 0.258 e. The van der Waals surface area contributed by atoms with E-state index in [2.05, 4.69) is 10.0 Å². The minimum Gasteiger partial charge on any atom is -0.258 e. The Hall–Kier alpha value is -1.99. The normalized spacial score (nSPS) is 10.8. The lowest BCUT2D eigenvalue weighted by Gasteiger charge is -2.08. The van der Waals surface area contributed by atoms with Crippen molar-refractivity contribution < 1.29 is 18.1 Å². The Morgan fingerprint density at radius 3 is 2.47 bits per heavy atom. The number of nitrogens with zero attached hydrogens (tertiary/aromatic N) is 4. The fourth-order valence-electron chi connectivity index (χ4n) is 1.03. The Morgan fingerprint density at radius 1 is 1.47 bits per heavy atom. The second kappa shape index (κ2) is 4.48. The topological polar surface area (TPSA) is 91.9 Å². The van der Waals surface area contributed by atoms with Gasteiger partial charge >= 0.3 is 6.18 Å². The molecule has 0 radical (unpaired) electrons. The van der Waals surface area contributed by atoms with Crippen LogP contribution in [-0.2, 0) is 6.18 Å². The van der Waals surface area contributed by atoms with E-state index in [-0.39, 0.29) is 6.07 Å².